The average Bonchev–Trinajstić information content (AvgIpc) is 3.26. The van der Waals surface area contributed by atoms with Crippen LogP contribution in [0.4, 0.5) is 5.69 Å². The summed E-state index contributed by atoms with van der Waals surface area (Å²) in [7, 11) is 0. The quantitative estimate of drug-likeness (QED) is 0.585. The van der Waals surface area contributed by atoms with Crippen LogP contribution in [0.1, 0.15) is 38.7 Å². The van der Waals surface area contributed by atoms with E-state index in [9.17, 15) is 9.90 Å². The average molecular weight is 415 g/mol. The molecule has 0 aliphatic carbocycles. The number of aromatic nitrogens is 1. The molecule has 6 nitrogen and oxygen atoms in total. The second-order valence-corrected chi connectivity index (χ2v) is 8.11. The molecule has 6 heteroatoms. The van der Waals surface area contributed by atoms with Crippen molar-refractivity contribution in [2.45, 2.75) is 25.8 Å². The lowest BCUT2D eigenvalue weighted by atomic mass is 9.87. The van der Waals surface area contributed by atoms with Gasteiger partial charge >= 0.3 is 5.97 Å². The molecule has 0 bridgehead atoms. The smallest absolute Gasteiger partial charge is 0.337 e. The number of pyridine rings is 1. The highest BCUT2D eigenvalue weighted by Gasteiger charge is 2.23. The number of aromatic carboxylic acids is 1. The molecule has 0 radical (unpaired) electrons. The summed E-state index contributed by atoms with van der Waals surface area (Å²) < 4.78 is 5.78. The van der Waals surface area contributed by atoms with Gasteiger partial charge in [0, 0.05) is 30.8 Å². The van der Waals surface area contributed by atoms with Crippen LogP contribution in [0.5, 0.6) is 5.75 Å². The maximum absolute atomic E-state index is 11.5. The topological polar surface area (TPSA) is 83.5 Å². The van der Waals surface area contributed by atoms with Crippen molar-refractivity contribution in [3.8, 4) is 16.9 Å². The summed E-state index contributed by atoms with van der Waals surface area (Å²) >= 11 is 0. The molecule has 31 heavy (non-hydrogen) atoms. The molecule has 0 spiro atoms. The molecule has 0 saturated carbocycles. The third-order valence-corrected chi connectivity index (χ3v) is 6.23. The van der Waals surface area contributed by atoms with E-state index in [1.54, 1.807) is 6.20 Å². The number of ether oxygens (including phenoxy) is 1. The van der Waals surface area contributed by atoms with Crippen LogP contribution in [0.25, 0.3) is 11.1 Å². The van der Waals surface area contributed by atoms with Gasteiger partial charge in [0.2, 0.25) is 0 Å². The number of carbonyl (C=O) groups is 1. The second-order valence-electron chi connectivity index (χ2n) is 8.11. The van der Waals surface area contributed by atoms with Gasteiger partial charge in [-0.25, -0.2) is 4.79 Å². The molecule has 3 N–H and O–H groups in total. The molecule has 2 aliphatic heterocycles. The molecule has 0 amide bonds. The Balaban J connectivity index is 1.42. The predicted molar refractivity (Wildman–Crippen MR) is 120 cm³/mol. The van der Waals surface area contributed by atoms with Crippen molar-refractivity contribution in [1.82, 2.24) is 10.3 Å². The lowest BCUT2D eigenvalue weighted by molar-refractivity contribution is 0.0697. The Labute approximate surface area is 181 Å². The van der Waals surface area contributed by atoms with Gasteiger partial charge in [-0.1, -0.05) is 24.3 Å². The maximum Gasteiger partial charge on any atom is 0.337 e. The van der Waals surface area contributed by atoms with Crippen molar-refractivity contribution in [3.05, 3.63) is 76.6 Å². The molecule has 1 aromatic heterocycles. The molecule has 2 aliphatic rings. The Kier molecular flexibility index (Phi) is 5.08. The molecule has 2 aromatic carbocycles. The second kappa shape index (κ2) is 8.04. The molecule has 5 rings (SSSR count). The lowest BCUT2D eigenvalue weighted by Gasteiger charge is -2.28. The third kappa shape index (κ3) is 3.64. The van der Waals surface area contributed by atoms with Crippen molar-refractivity contribution in [2.75, 3.05) is 25.0 Å². The van der Waals surface area contributed by atoms with Crippen LogP contribution in [-0.4, -0.2) is 35.8 Å². The highest BCUT2D eigenvalue weighted by molar-refractivity contribution is 5.93. The van der Waals surface area contributed by atoms with Gasteiger partial charge < -0.3 is 20.5 Å². The zero-order chi connectivity index (χ0) is 21.4. The minimum Gasteiger partial charge on any atom is -0.493 e. The number of rotatable bonds is 5. The largest absolute Gasteiger partial charge is 0.493 e. The summed E-state index contributed by atoms with van der Waals surface area (Å²) in [5.74, 6) is 0.0501. The van der Waals surface area contributed by atoms with E-state index in [0.717, 1.165) is 31.7 Å². The molecule has 0 saturated heterocycles. The monoisotopic (exact) mass is 415 g/mol. The lowest BCUT2D eigenvalue weighted by Crippen LogP contribution is -2.34. The van der Waals surface area contributed by atoms with Crippen molar-refractivity contribution in [3.63, 3.8) is 0 Å². The van der Waals surface area contributed by atoms with Gasteiger partial charge in [-0.05, 0) is 59.8 Å². The number of aryl methyl sites for hydroxylation is 1. The van der Waals surface area contributed by atoms with Gasteiger partial charge in [-0.15, -0.1) is 0 Å². The van der Waals surface area contributed by atoms with E-state index in [1.807, 2.05) is 0 Å². The molecular formula is C25H25N3O3. The summed E-state index contributed by atoms with van der Waals surface area (Å²) in [6.07, 6.45) is 4.99. The van der Waals surface area contributed by atoms with Crippen LogP contribution in [0.3, 0.4) is 0 Å². The first-order chi connectivity index (χ1) is 15.1. The summed E-state index contributed by atoms with van der Waals surface area (Å²) in [6.45, 7) is 4.39. The number of nitrogens with one attached hydrogen (secondary N) is 2. The van der Waals surface area contributed by atoms with E-state index in [4.69, 9.17) is 4.74 Å². The van der Waals surface area contributed by atoms with Crippen LogP contribution in [-0.2, 0) is 12.8 Å². The van der Waals surface area contributed by atoms with Crippen LogP contribution < -0.4 is 15.4 Å². The van der Waals surface area contributed by atoms with Crippen LogP contribution in [0, 0.1) is 6.92 Å². The summed E-state index contributed by atoms with van der Waals surface area (Å²) in [6, 6.07) is 12.6. The number of anilines is 1. The minimum absolute atomic E-state index is 0.102. The van der Waals surface area contributed by atoms with E-state index >= 15 is 0 Å². The summed E-state index contributed by atoms with van der Waals surface area (Å²) in [4.78, 5) is 15.5. The number of carboxylic acids is 1. The number of nitrogens with zero attached hydrogens (tertiary/aromatic N) is 1. The third-order valence-electron chi connectivity index (χ3n) is 6.23. The molecule has 3 heterocycles. The van der Waals surface area contributed by atoms with Gasteiger partial charge in [-0.2, -0.15) is 0 Å². The zero-order valence-electron chi connectivity index (χ0n) is 17.4. The number of benzene rings is 2. The molecule has 1 atom stereocenters. The Bertz CT molecular complexity index is 1160. The SMILES string of the molecule is Cc1ccc2c(c1-c1ccc3c(c1)CCNC3CNc1cnccc1C(=O)O)CCO2. The van der Waals surface area contributed by atoms with E-state index < -0.39 is 5.97 Å². The fraction of sp³-hybridized carbons (Fsp3) is 0.280. The molecule has 158 valence electrons. The fourth-order valence-electron chi connectivity index (χ4n) is 4.72. The van der Waals surface area contributed by atoms with Gasteiger partial charge in [0.25, 0.3) is 0 Å². The van der Waals surface area contributed by atoms with Crippen LogP contribution in [0.15, 0.2) is 48.8 Å². The number of hydrogen-bond donors (Lipinski definition) is 3. The Morgan fingerprint density at radius 1 is 1.26 bits per heavy atom. The zero-order valence-corrected chi connectivity index (χ0v) is 17.4. The van der Waals surface area contributed by atoms with Crippen molar-refractivity contribution < 1.29 is 14.6 Å². The van der Waals surface area contributed by atoms with E-state index in [1.165, 1.54) is 45.6 Å². The summed E-state index contributed by atoms with van der Waals surface area (Å²) in [5, 5.41) is 16.2. The summed E-state index contributed by atoms with van der Waals surface area (Å²) in [5.41, 5.74) is 8.49. The van der Waals surface area contributed by atoms with E-state index in [-0.39, 0.29) is 11.6 Å². The first kappa shape index (κ1) is 19.6. The number of carboxylic acid groups (broad SMARTS) is 1. The standard InChI is InChI=1S/C25H25N3O3/c1-15-2-5-23-20(8-11-31-23)24(15)17-3-4-18-16(12-17)6-10-27-22(18)14-28-21-13-26-9-7-19(21)25(29)30/h2-5,7,9,12-13,22,27-28H,6,8,10-11,14H2,1H3,(H,29,30). The Morgan fingerprint density at radius 2 is 2.16 bits per heavy atom. The first-order valence-corrected chi connectivity index (χ1v) is 10.6. The van der Waals surface area contributed by atoms with Gasteiger partial charge in [-0.3, -0.25) is 4.98 Å². The van der Waals surface area contributed by atoms with Crippen LogP contribution in [0.2, 0.25) is 0 Å². The molecular weight excluding hydrogens is 390 g/mol. The Hall–Kier alpha value is -3.38. The first-order valence-electron chi connectivity index (χ1n) is 10.6. The minimum atomic E-state index is -0.957. The van der Waals surface area contributed by atoms with Gasteiger partial charge in [0.15, 0.2) is 0 Å². The van der Waals surface area contributed by atoms with Crippen molar-refractivity contribution in [1.29, 1.82) is 0 Å². The number of fused-ring (bicyclic) bond motifs is 2. The normalized spacial score (nSPS) is 16.9. The highest BCUT2D eigenvalue weighted by atomic mass is 16.5. The van der Waals surface area contributed by atoms with Crippen LogP contribution >= 0.6 is 0 Å². The molecule has 1 unspecified atom stereocenters. The fourth-order valence-corrected chi connectivity index (χ4v) is 4.72. The van der Waals surface area contributed by atoms with Gasteiger partial charge in [0.05, 0.1) is 24.1 Å². The molecule has 3 aromatic rings. The predicted octanol–water partition coefficient (Wildman–Crippen LogP) is 3.99. The van der Waals surface area contributed by atoms with E-state index in [0.29, 0.717) is 12.2 Å². The number of hydrogen-bond acceptors (Lipinski definition) is 5. The highest BCUT2D eigenvalue weighted by Crippen LogP contribution is 2.38. The van der Waals surface area contributed by atoms with Gasteiger partial charge in [0.1, 0.15) is 5.75 Å². The van der Waals surface area contributed by atoms with Crippen molar-refractivity contribution >= 4 is 11.7 Å². The maximum atomic E-state index is 11.5. The van der Waals surface area contributed by atoms with Crippen molar-refractivity contribution in [2.24, 2.45) is 0 Å². The van der Waals surface area contributed by atoms with E-state index in [2.05, 4.69) is 52.9 Å². The Morgan fingerprint density at radius 3 is 3.03 bits per heavy atom. The molecule has 0 fully saturated rings.